The Hall–Kier alpha value is -0.153. The fourth-order valence-corrected chi connectivity index (χ4v) is 3.85. The molecule has 0 radical (unpaired) electrons. The number of carbonyl (C=O) groups is 1. The van der Waals surface area contributed by atoms with Crippen LogP contribution in [-0.4, -0.2) is 20.7 Å². The van der Waals surface area contributed by atoms with Crippen LogP contribution in [-0.2, 0) is 9.22 Å². The van der Waals surface area contributed by atoms with Crippen molar-refractivity contribution in [2.24, 2.45) is 0 Å². The molecule has 0 aromatic rings. The van der Waals surface area contributed by atoms with Gasteiger partial charge in [0.05, 0.1) is 0 Å². The molecule has 0 aromatic heterocycles. The molecule has 0 aliphatic heterocycles. The Kier molecular flexibility index (Phi) is 11.3. The van der Waals surface area contributed by atoms with Gasteiger partial charge >= 0.3 is 0 Å². The zero-order valence-corrected chi connectivity index (χ0v) is 17.0. The molecule has 0 saturated carbocycles. The highest BCUT2D eigenvalue weighted by molar-refractivity contribution is 6.74. The molecule has 0 heterocycles. The summed E-state index contributed by atoms with van der Waals surface area (Å²) in [6.07, 6.45) is 13.2. The van der Waals surface area contributed by atoms with Gasteiger partial charge in [-0.3, -0.25) is 0 Å². The molecule has 132 valence electrons. The third-order valence-corrected chi connectivity index (χ3v) is 9.53. The first-order valence-electron chi connectivity index (χ1n) is 9.36. The first kappa shape index (κ1) is 21.8. The van der Waals surface area contributed by atoms with E-state index in [4.69, 9.17) is 4.43 Å². The second-order valence-corrected chi connectivity index (χ2v) is 12.9. The van der Waals surface area contributed by atoms with Crippen molar-refractivity contribution in [1.82, 2.24) is 0 Å². The number of hydrogen-bond donors (Lipinski definition) is 0. The summed E-state index contributed by atoms with van der Waals surface area (Å²) in [5.74, 6) is 0. The molecule has 0 rings (SSSR count). The van der Waals surface area contributed by atoms with Crippen LogP contribution in [0.2, 0.25) is 18.1 Å². The van der Waals surface area contributed by atoms with E-state index in [-0.39, 0.29) is 5.04 Å². The largest absolute Gasteiger partial charge is 0.414 e. The fourth-order valence-electron chi connectivity index (χ4n) is 2.43. The lowest BCUT2D eigenvalue weighted by atomic mass is 10.0. The van der Waals surface area contributed by atoms with E-state index in [2.05, 4.69) is 40.8 Å². The van der Waals surface area contributed by atoms with Crippen LogP contribution >= 0.6 is 0 Å². The highest BCUT2D eigenvalue weighted by atomic mass is 28.4. The molecule has 2 nitrogen and oxygen atoms in total. The quantitative estimate of drug-likeness (QED) is 0.219. The lowest BCUT2D eigenvalue weighted by molar-refractivity contribution is -0.107. The molecule has 1 atom stereocenters. The van der Waals surface area contributed by atoms with Gasteiger partial charge in [0.15, 0.2) is 8.32 Å². The number of rotatable bonds is 13. The van der Waals surface area contributed by atoms with Crippen molar-refractivity contribution < 1.29 is 9.22 Å². The predicted molar refractivity (Wildman–Crippen MR) is 100.0 cm³/mol. The predicted octanol–water partition coefficient (Wildman–Crippen LogP) is 6.50. The summed E-state index contributed by atoms with van der Waals surface area (Å²) in [6.45, 7) is 13.9. The highest BCUT2D eigenvalue weighted by Gasteiger charge is 2.38. The van der Waals surface area contributed by atoms with Gasteiger partial charge in [-0.25, -0.2) is 0 Å². The van der Waals surface area contributed by atoms with Gasteiger partial charge < -0.3 is 9.22 Å². The standard InChI is InChI=1S/C19H40O2Si/c1-7-8-9-12-15-18(16-13-10-11-14-17-20)21-22(5,6)19(2,3)4/h17-18H,7-16H2,1-6H3/t18-/m1/s1. The number of unbranched alkanes of at least 4 members (excludes halogenated alkanes) is 6. The molecule has 3 heteroatoms. The minimum Gasteiger partial charge on any atom is -0.414 e. The zero-order valence-electron chi connectivity index (χ0n) is 16.0. The second-order valence-electron chi connectivity index (χ2n) is 8.15. The van der Waals surface area contributed by atoms with Crippen molar-refractivity contribution >= 4 is 14.6 Å². The third kappa shape index (κ3) is 9.78. The number of carbonyl (C=O) groups excluding carboxylic acids is 1. The van der Waals surface area contributed by atoms with Crippen LogP contribution in [0.3, 0.4) is 0 Å². The molecular formula is C19H40O2Si. The summed E-state index contributed by atoms with van der Waals surface area (Å²) in [4.78, 5) is 10.4. The molecule has 22 heavy (non-hydrogen) atoms. The summed E-state index contributed by atoms with van der Waals surface area (Å²) in [5, 5.41) is 0.284. The van der Waals surface area contributed by atoms with E-state index in [1.54, 1.807) is 0 Å². The van der Waals surface area contributed by atoms with Crippen molar-refractivity contribution in [3.8, 4) is 0 Å². The molecule has 0 unspecified atom stereocenters. The van der Waals surface area contributed by atoms with Gasteiger partial charge in [-0.15, -0.1) is 0 Å². The summed E-state index contributed by atoms with van der Waals surface area (Å²) >= 11 is 0. The molecule has 0 amide bonds. The van der Waals surface area contributed by atoms with E-state index in [1.165, 1.54) is 38.5 Å². The van der Waals surface area contributed by atoms with Gasteiger partial charge in [-0.1, -0.05) is 66.2 Å². The average Bonchev–Trinajstić information content (AvgIpc) is 2.41. The van der Waals surface area contributed by atoms with Crippen LogP contribution in [0.4, 0.5) is 0 Å². The minimum absolute atomic E-state index is 0.284. The Bertz CT molecular complexity index is 282. The Labute approximate surface area is 140 Å². The zero-order chi connectivity index (χ0) is 17.1. The van der Waals surface area contributed by atoms with Crippen molar-refractivity contribution in [2.45, 2.75) is 116 Å². The molecule has 0 aromatic carbocycles. The maximum Gasteiger partial charge on any atom is 0.192 e. The lowest BCUT2D eigenvalue weighted by Gasteiger charge is -2.39. The van der Waals surface area contributed by atoms with Crippen LogP contribution < -0.4 is 0 Å². The Balaban J connectivity index is 4.35. The maximum absolute atomic E-state index is 10.4. The van der Waals surface area contributed by atoms with E-state index in [1.807, 2.05) is 0 Å². The van der Waals surface area contributed by atoms with Gasteiger partial charge in [0, 0.05) is 12.5 Å². The first-order valence-corrected chi connectivity index (χ1v) is 12.3. The Morgan fingerprint density at radius 1 is 0.955 bits per heavy atom. The van der Waals surface area contributed by atoms with Crippen LogP contribution in [0.5, 0.6) is 0 Å². The molecule has 0 bridgehead atoms. The van der Waals surface area contributed by atoms with E-state index >= 15 is 0 Å². The van der Waals surface area contributed by atoms with E-state index < -0.39 is 8.32 Å². The summed E-state index contributed by atoms with van der Waals surface area (Å²) in [5.41, 5.74) is 0. The summed E-state index contributed by atoms with van der Waals surface area (Å²) < 4.78 is 6.66. The fraction of sp³-hybridized carbons (Fsp3) is 0.947. The summed E-state index contributed by atoms with van der Waals surface area (Å²) in [7, 11) is -1.67. The molecule has 0 aliphatic rings. The van der Waals surface area contributed by atoms with Crippen LogP contribution in [0.25, 0.3) is 0 Å². The average molecular weight is 329 g/mol. The highest BCUT2D eigenvalue weighted by Crippen LogP contribution is 2.38. The first-order chi connectivity index (χ1) is 10.2. The van der Waals surface area contributed by atoms with Crippen LogP contribution in [0.1, 0.15) is 91.9 Å². The molecular weight excluding hydrogens is 288 g/mol. The van der Waals surface area contributed by atoms with Gasteiger partial charge in [0.1, 0.15) is 6.29 Å². The molecule has 0 spiro atoms. The van der Waals surface area contributed by atoms with E-state index in [9.17, 15) is 4.79 Å². The van der Waals surface area contributed by atoms with E-state index in [0.717, 1.165) is 25.5 Å². The second kappa shape index (κ2) is 11.4. The number of hydrogen-bond acceptors (Lipinski definition) is 2. The summed E-state index contributed by atoms with van der Waals surface area (Å²) in [6, 6.07) is 0. The van der Waals surface area contributed by atoms with Crippen LogP contribution in [0.15, 0.2) is 0 Å². The van der Waals surface area contributed by atoms with Crippen molar-refractivity contribution in [1.29, 1.82) is 0 Å². The smallest absolute Gasteiger partial charge is 0.192 e. The Morgan fingerprint density at radius 2 is 1.50 bits per heavy atom. The van der Waals surface area contributed by atoms with Crippen molar-refractivity contribution in [2.75, 3.05) is 0 Å². The van der Waals surface area contributed by atoms with Gasteiger partial charge in [0.2, 0.25) is 0 Å². The lowest BCUT2D eigenvalue weighted by Crippen LogP contribution is -2.44. The molecule has 0 saturated heterocycles. The normalized spacial score (nSPS) is 14.1. The SMILES string of the molecule is CCCCCC[C@H](CCCCCC=O)O[Si](C)(C)C(C)(C)C. The van der Waals surface area contributed by atoms with Gasteiger partial charge in [-0.05, 0) is 37.4 Å². The number of aldehydes is 1. The van der Waals surface area contributed by atoms with E-state index in [0.29, 0.717) is 12.5 Å². The third-order valence-electron chi connectivity index (χ3n) is 5.00. The van der Waals surface area contributed by atoms with Crippen LogP contribution in [0, 0.1) is 0 Å². The molecule has 0 fully saturated rings. The maximum atomic E-state index is 10.4. The van der Waals surface area contributed by atoms with Gasteiger partial charge in [-0.2, -0.15) is 0 Å². The molecule has 0 aliphatic carbocycles. The Morgan fingerprint density at radius 3 is 1.95 bits per heavy atom. The van der Waals surface area contributed by atoms with Crippen molar-refractivity contribution in [3.05, 3.63) is 0 Å². The van der Waals surface area contributed by atoms with Gasteiger partial charge in [0.25, 0.3) is 0 Å². The monoisotopic (exact) mass is 328 g/mol. The topological polar surface area (TPSA) is 26.3 Å². The molecule has 0 N–H and O–H groups in total. The van der Waals surface area contributed by atoms with Crippen molar-refractivity contribution in [3.63, 3.8) is 0 Å². The minimum atomic E-state index is -1.67.